The van der Waals surface area contributed by atoms with Crippen molar-refractivity contribution in [1.82, 2.24) is 25.3 Å². The van der Waals surface area contributed by atoms with Crippen LogP contribution >= 0.6 is 0 Å². The Labute approximate surface area is 173 Å². The molecule has 0 aliphatic carbocycles. The average Bonchev–Trinajstić information content (AvgIpc) is 3.26. The number of rotatable bonds is 5. The molecule has 0 bridgehead atoms. The molecule has 4 amide bonds. The maximum absolute atomic E-state index is 13.4. The number of halogens is 2. The summed E-state index contributed by atoms with van der Waals surface area (Å²) >= 11 is 0. The first-order valence-electron chi connectivity index (χ1n) is 9.16. The summed E-state index contributed by atoms with van der Waals surface area (Å²) in [4.78, 5) is 54.7. The third-order valence-corrected chi connectivity index (χ3v) is 4.83. The van der Waals surface area contributed by atoms with E-state index in [1.807, 2.05) is 0 Å². The van der Waals surface area contributed by atoms with E-state index >= 15 is 0 Å². The molecule has 2 aliphatic heterocycles. The minimum Gasteiger partial charge on any atom is -0.361 e. The van der Waals surface area contributed by atoms with Gasteiger partial charge in [0.25, 0.3) is 11.8 Å². The van der Waals surface area contributed by atoms with E-state index in [1.165, 1.54) is 11.9 Å². The number of hydrogen-bond donors (Lipinski definition) is 1. The standard InChI is InChI=1S/C19H15F2N5O5/c1-25(8-15-23-17(24-31-15)9-4-10(20)6-11(21)5-9)13-7-16(28)26(19(13)30)12-2-3-14(27)22-18(12)29/h4-7,12H,2-3,8H2,1H3,(H,22,27,29). The van der Waals surface area contributed by atoms with Crippen LogP contribution in [0, 0.1) is 11.6 Å². The molecule has 160 valence electrons. The smallest absolute Gasteiger partial charge is 0.277 e. The summed E-state index contributed by atoms with van der Waals surface area (Å²) < 4.78 is 31.9. The molecule has 10 nitrogen and oxygen atoms in total. The van der Waals surface area contributed by atoms with Gasteiger partial charge in [-0.3, -0.25) is 29.4 Å². The van der Waals surface area contributed by atoms with Crippen molar-refractivity contribution >= 4 is 23.6 Å². The Kier molecular flexibility index (Phi) is 5.05. The lowest BCUT2D eigenvalue weighted by Gasteiger charge is -2.29. The lowest BCUT2D eigenvalue weighted by molar-refractivity contribution is -0.150. The molecule has 2 aliphatic rings. The Bertz CT molecular complexity index is 1120. The van der Waals surface area contributed by atoms with Crippen molar-refractivity contribution in [3.8, 4) is 11.4 Å². The van der Waals surface area contributed by atoms with Gasteiger partial charge in [0.05, 0.1) is 6.54 Å². The second kappa shape index (κ2) is 7.70. The van der Waals surface area contributed by atoms with Crippen molar-refractivity contribution in [2.45, 2.75) is 25.4 Å². The summed E-state index contributed by atoms with van der Waals surface area (Å²) in [5.74, 6) is -4.16. The Hall–Kier alpha value is -3.96. The Morgan fingerprint density at radius 1 is 1.19 bits per heavy atom. The first-order chi connectivity index (χ1) is 14.7. The van der Waals surface area contributed by atoms with Gasteiger partial charge in [-0.25, -0.2) is 8.78 Å². The number of aromatic nitrogens is 2. The highest BCUT2D eigenvalue weighted by atomic mass is 19.1. The van der Waals surface area contributed by atoms with E-state index in [0.717, 1.165) is 23.1 Å². The minimum absolute atomic E-state index is 0.00810. The fourth-order valence-corrected chi connectivity index (χ4v) is 3.38. The van der Waals surface area contributed by atoms with E-state index in [4.69, 9.17) is 4.52 Å². The van der Waals surface area contributed by atoms with Crippen LogP contribution in [0.4, 0.5) is 8.78 Å². The fraction of sp³-hybridized carbons (Fsp3) is 0.263. The highest BCUT2D eigenvalue weighted by Gasteiger charge is 2.43. The summed E-state index contributed by atoms with van der Waals surface area (Å²) in [5.41, 5.74) is 0.0665. The molecule has 0 saturated carbocycles. The molecule has 1 aromatic heterocycles. The molecule has 2 aromatic rings. The van der Waals surface area contributed by atoms with E-state index in [9.17, 15) is 28.0 Å². The number of carbonyl (C=O) groups is 4. The number of hydrogen-bond acceptors (Lipinski definition) is 8. The van der Waals surface area contributed by atoms with E-state index in [0.29, 0.717) is 6.07 Å². The van der Waals surface area contributed by atoms with Crippen molar-refractivity contribution in [3.63, 3.8) is 0 Å². The predicted octanol–water partition coefficient (Wildman–Crippen LogP) is 0.504. The van der Waals surface area contributed by atoms with Crippen LogP contribution in [0.5, 0.6) is 0 Å². The topological polar surface area (TPSA) is 126 Å². The summed E-state index contributed by atoms with van der Waals surface area (Å²) in [6.07, 6.45) is 1.14. The van der Waals surface area contributed by atoms with E-state index in [1.54, 1.807) is 0 Å². The highest BCUT2D eigenvalue weighted by molar-refractivity contribution is 6.18. The van der Waals surface area contributed by atoms with Crippen molar-refractivity contribution in [2.24, 2.45) is 0 Å². The number of benzene rings is 1. The van der Waals surface area contributed by atoms with Crippen molar-refractivity contribution in [2.75, 3.05) is 7.05 Å². The van der Waals surface area contributed by atoms with Crippen LogP contribution in [0.3, 0.4) is 0 Å². The van der Waals surface area contributed by atoms with Crippen molar-refractivity contribution in [1.29, 1.82) is 0 Å². The first kappa shape index (κ1) is 20.3. The highest BCUT2D eigenvalue weighted by Crippen LogP contribution is 2.24. The molecule has 1 fully saturated rings. The first-order valence-corrected chi connectivity index (χ1v) is 9.16. The minimum atomic E-state index is -1.07. The maximum Gasteiger partial charge on any atom is 0.277 e. The predicted molar refractivity (Wildman–Crippen MR) is 97.2 cm³/mol. The van der Waals surface area contributed by atoms with Crippen LogP contribution in [0.1, 0.15) is 18.7 Å². The maximum atomic E-state index is 13.4. The monoisotopic (exact) mass is 431 g/mol. The molecular formula is C19H15F2N5O5. The lowest BCUT2D eigenvalue weighted by Crippen LogP contribution is -2.54. The van der Waals surface area contributed by atoms with Gasteiger partial charge >= 0.3 is 0 Å². The number of amides is 4. The van der Waals surface area contributed by atoms with Gasteiger partial charge < -0.3 is 9.42 Å². The van der Waals surface area contributed by atoms with E-state index in [-0.39, 0.29) is 42.4 Å². The normalized spacial score (nSPS) is 19.0. The van der Waals surface area contributed by atoms with Gasteiger partial charge in [-0.2, -0.15) is 4.98 Å². The zero-order valence-corrected chi connectivity index (χ0v) is 16.1. The molecule has 1 unspecified atom stereocenters. The molecule has 1 saturated heterocycles. The summed E-state index contributed by atoms with van der Waals surface area (Å²) in [6.45, 7) is -0.0845. The molecule has 4 rings (SSSR count). The van der Waals surface area contributed by atoms with Crippen molar-refractivity contribution in [3.05, 3.63) is 47.5 Å². The molecule has 31 heavy (non-hydrogen) atoms. The summed E-state index contributed by atoms with van der Waals surface area (Å²) in [6, 6.07) is 1.72. The average molecular weight is 431 g/mol. The Morgan fingerprint density at radius 3 is 2.58 bits per heavy atom. The van der Waals surface area contributed by atoms with Gasteiger partial charge in [0.2, 0.25) is 23.5 Å². The third kappa shape index (κ3) is 3.91. The van der Waals surface area contributed by atoms with Crippen LogP contribution in [0.15, 0.2) is 34.5 Å². The van der Waals surface area contributed by atoms with Crippen LogP contribution in [-0.4, -0.2) is 56.7 Å². The summed E-state index contributed by atoms with van der Waals surface area (Å²) in [7, 11) is 1.50. The quantitative estimate of drug-likeness (QED) is 0.679. The van der Waals surface area contributed by atoms with Gasteiger partial charge in [-0.05, 0) is 18.6 Å². The number of likely N-dealkylation sites (N-methyl/N-ethyl adjacent to an activating group) is 1. The van der Waals surface area contributed by atoms with Gasteiger partial charge in [-0.1, -0.05) is 5.16 Å². The zero-order valence-electron chi connectivity index (χ0n) is 16.1. The van der Waals surface area contributed by atoms with Gasteiger partial charge in [-0.15, -0.1) is 0 Å². The zero-order chi connectivity index (χ0) is 22.3. The van der Waals surface area contributed by atoms with Crippen LogP contribution in [0.2, 0.25) is 0 Å². The molecule has 3 heterocycles. The number of piperidine rings is 1. The molecule has 0 radical (unpaired) electrons. The lowest BCUT2D eigenvalue weighted by atomic mass is 10.0. The Balaban J connectivity index is 1.47. The number of imide groups is 2. The molecule has 1 atom stereocenters. The van der Waals surface area contributed by atoms with Gasteiger partial charge in [0.1, 0.15) is 23.4 Å². The van der Waals surface area contributed by atoms with Gasteiger partial charge in [0, 0.05) is 31.2 Å². The molecule has 1 N–H and O–H groups in total. The largest absolute Gasteiger partial charge is 0.361 e. The van der Waals surface area contributed by atoms with Crippen LogP contribution in [0.25, 0.3) is 11.4 Å². The molecule has 1 aromatic carbocycles. The van der Waals surface area contributed by atoms with E-state index in [2.05, 4.69) is 15.5 Å². The van der Waals surface area contributed by atoms with Gasteiger partial charge in [0.15, 0.2) is 0 Å². The second-order valence-corrected chi connectivity index (χ2v) is 7.04. The number of nitrogens with one attached hydrogen (secondary N) is 1. The van der Waals surface area contributed by atoms with Crippen LogP contribution < -0.4 is 5.32 Å². The third-order valence-electron chi connectivity index (χ3n) is 4.83. The Morgan fingerprint density at radius 2 is 1.90 bits per heavy atom. The second-order valence-electron chi connectivity index (χ2n) is 7.04. The van der Waals surface area contributed by atoms with Crippen LogP contribution in [-0.2, 0) is 25.7 Å². The van der Waals surface area contributed by atoms with E-state index < -0.39 is 41.3 Å². The molecule has 12 heteroatoms. The SMILES string of the molecule is CN(Cc1nc(-c2cc(F)cc(F)c2)no1)C1=CC(=O)N(C2CCC(=O)NC2=O)C1=O. The van der Waals surface area contributed by atoms with Crippen molar-refractivity contribution < 1.29 is 32.5 Å². The summed E-state index contributed by atoms with van der Waals surface area (Å²) in [5, 5.41) is 5.79. The number of nitrogens with zero attached hydrogens (tertiary/aromatic N) is 4. The fourth-order valence-electron chi connectivity index (χ4n) is 3.38. The molecular weight excluding hydrogens is 416 g/mol. The number of carbonyl (C=O) groups excluding carboxylic acids is 4. The molecule has 0 spiro atoms.